The van der Waals surface area contributed by atoms with Crippen molar-refractivity contribution in [3.8, 4) is 11.4 Å². The van der Waals surface area contributed by atoms with Gasteiger partial charge in [0.2, 0.25) is 5.91 Å². The molecular formula is C26H33FN4O2. The molecule has 2 aromatic carbocycles. The van der Waals surface area contributed by atoms with E-state index in [1.165, 1.54) is 12.1 Å². The fourth-order valence-corrected chi connectivity index (χ4v) is 4.17. The van der Waals surface area contributed by atoms with Gasteiger partial charge in [-0.2, -0.15) is 5.10 Å². The quantitative estimate of drug-likeness (QED) is 0.496. The number of nitrogens with one attached hydrogen (secondary N) is 1. The first-order valence-corrected chi connectivity index (χ1v) is 11.3. The molecule has 1 heterocycles. The number of halogens is 1. The van der Waals surface area contributed by atoms with Crippen LogP contribution in [-0.4, -0.2) is 47.3 Å². The topological polar surface area (TPSA) is 59.4 Å². The first-order valence-electron chi connectivity index (χ1n) is 11.3. The summed E-state index contributed by atoms with van der Waals surface area (Å²) in [5.74, 6) is 0.453. The predicted molar refractivity (Wildman–Crippen MR) is 128 cm³/mol. The molecule has 33 heavy (non-hydrogen) atoms. The molecule has 3 rings (SSSR count). The minimum Gasteiger partial charge on any atom is -0.497 e. The van der Waals surface area contributed by atoms with Gasteiger partial charge in [0.1, 0.15) is 11.6 Å². The van der Waals surface area contributed by atoms with Crippen molar-refractivity contribution in [2.45, 2.75) is 40.2 Å². The smallest absolute Gasteiger partial charge is 0.224 e. The van der Waals surface area contributed by atoms with Crippen LogP contribution in [0.1, 0.15) is 42.4 Å². The molecule has 176 valence electrons. The number of hydrogen-bond acceptors (Lipinski definition) is 4. The van der Waals surface area contributed by atoms with Gasteiger partial charge in [-0.05, 0) is 68.9 Å². The molecule has 0 radical (unpaired) electrons. The second-order valence-corrected chi connectivity index (χ2v) is 8.03. The summed E-state index contributed by atoms with van der Waals surface area (Å²) in [6.45, 7) is 10.3. The van der Waals surface area contributed by atoms with E-state index in [0.717, 1.165) is 47.0 Å². The Balaban J connectivity index is 1.74. The third-order valence-electron chi connectivity index (χ3n) is 6.07. The second kappa shape index (κ2) is 11.1. The van der Waals surface area contributed by atoms with Crippen LogP contribution in [0.5, 0.6) is 5.75 Å². The second-order valence-electron chi connectivity index (χ2n) is 8.03. The van der Waals surface area contributed by atoms with Gasteiger partial charge in [0.15, 0.2) is 0 Å². The average molecular weight is 453 g/mol. The lowest BCUT2D eigenvalue weighted by Gasteiger charge is -2.30. The maximum absolute atomic E-state index is 13.3. The molecule has 7 heteroatoms. The van der Waals surface area contributed by atoms with Gasteiger partial charge in [-0.1, -0.05) is 26.0 Å². The molecule has 0 aliphatic heterocycles. The van der Waals surface area contributed by atoms with Gasteiger partial charge in [-0.15, -0.1) is 0 Å². The van der Waals surface area contributed by atoms with Crippen LogP contribution in [0.25, 0.3) is 5.69 Å². The number of ether oxygens (including phenoxy) is 1. The Morgan fingerprint density at radius 2 is 1.85 bits per heavy atom. The van der Waals surface area contributed by atoms with E-state index >= 15 is 0 Å². The molecule has 1 unspecified atom stereocenters. The minimum atomic E-state index is -0.293. The van der Waals surface area contributed by atoms with E-state index in [1.54, 1.807) is 23.9 Å². The standard InChI is InChI=1S/C26H33FN4O2/c1-6-30(7-2)25(20-9-8-10-23(15-20)33-5)17-28-26(32)16-24-18(3)29-31(19(24)4)22-13-11-21(27)12-14-22/h8-15,25H,6-7,16-17H2,1-5H3,(H,28,32). The van der Waals surface area contributed by atoms with Crippen LogP contribution >= 0.6 is 0 Å². The molecule has 6 nitrogen and oxygen atoms in total. The Bertz CT molecular complexity index is 1070. The summed E-state index contributed by atoms with van der Waals surface area (Å²) in [6.07, 6.45) is 0.238. The highest BCUT2D eigenvalue weighted by Gasteiger charge is 2.21. The normalized spacial score (nSPS) is 12.1. The first kappa shape index (κ1) is 24.5. The lowest BCUT2D eigenvalue weighted by atomic mass is 10.0. The van der Waals surface area contributed by atoms with Gasteiger partial charge in [0.25, 0.3) is 0 Å². The van der Waals surface area contributed by atoms with E-state index in [4.69, 9.17) is 4.74 Å². The van der Waals surface area contributed by atoms with E-state index < -0.39 is 0 Å². The van der Waals surface area contributed by atoms with Crippen molar-refractivity contribution in [1.29, 1.82) is 0 Å². The fraction of sp³-hybridized carbons (Fsp3) is 0.385. The number of aryl methyl sites for hydroxylation is 1. The first-order chi connectivity index (χ1) is 15.9. The van der Waals surface area contributed by atoms with Crippen LogP contribution in [0.15, 0.2) is 48.5 Å². The number of rotatable bonds is 10. The highest BCUT2D eigenvalue weighted by Crippen LogP contribution is 2.24. The summed E-state index contributed by atoms with van der Waals surface area (Å²) < 4.78 is 20.4. The van der Waals surface area contributed by atoms with Crippen molar-refractivity contribution >= 4 is 5.91 Å². The molecule has 0 saturated heterocycles. The summed E-state index contributed by atoms with van der Waals surface area (Å²) in [7, 11) is 1.66. The van der Waals surface area contributed by atoms with Crippen LogP contribution in [0.4, 0.5) is 4.39 Å². The minimum absolute atomic E-state index is 0.0446. The maximum atomic E-state index is 13.3. The Hall–Kier alpha value is -3.19. The molecule has 0 aliphatic carbocycles. The monoisotopic (exact) mass is 452 g/mol. The number of benzene rings is 2. The molecule has 1 N–H and O–H groups in total. The van der Waals surface area contributed by atoms with Crippen LogP contribution in [0.3, 0.4) is 0 Å². The zero-order valence-electron chi connectivity index (χ0n) is 20.1. The van der Waals surface area contributed by atoms with Crippen LogP contribution in [0, 0.1) is 19.7 Å². The number of carbonyl (C=O) groups is 1. The van der Waals surface area contributed by atoms with Crippen LogP contribution in [0.2, 0.25) is 0 Å². The average Bonchev–Trinajstić information content (AvgIpc) is 3.10. The van der Waals surface area contributed by atoms with E-state index in [0.29, 0.717) is 6.54 Å². The molecule has 0 fully saturated rings. The summed E-state index contributed by atoms with van der Waals surface area (Å²) in [5.41, 5.74) is 4.43. The van der Waals surface area contributed by atoms with E-state index in [1.807, 2.05) is 32.0 Å². The van der Waals surface area contributed by atoms with Gasteiger partial charge in [0.05, 0.1) is 31.0 Å². The van der Waals surface area contributed by atoms with Crippen molar-refractivity contribution in [3.05, 3.63) is 76.9 Å². The zero-order chi connectivity index (χ0) is 24.0. The molecular weight excluding hydrogens is 419 g/mol. The van der Waals surface area contributed by atoms with Gasteiger partial charge in [-0.25, -0.2) is 9.07 Å². The number of aromatic nitrogens is 2. The third-order valence-corrected chi connectivity index (χ3v) is 6.07. The number of amides is 1. The Kier molecular flexibility index (Phi) is 8.22. The molecule has 0 spiro atoms. The largest absolute Gasteiger partial charge is 0.497 e. The van der Waals surface area contributed by atoms with Crippen molar-refractivity contribution in [3.63, 3.8) is 0 Å². The molecule has 0 bridgehead atoms. The summed E-state index contributed by atoms with van der Waals surface area (Å²) in [5, 5.41) is 7.69. The van der Waals surface area contributed by atoms with Crippen molar-refractivity contribution < 1.29 is 13.9 Å². The summed E-state index contributed by atoms with van der Waals surface area (Å²) >= 11 is 0. The molecule has 1 atom stereocenters. The van der Waals surface area contributed by atoms with Gasteiger partial charge in [-0.3, -0.25) is 9.69 Å². The molecule has 3 aromatic rings. The molecule has 1 aromatic heterocycles. The lowest BCUT2D eigenvalue weighted by molar-refractivity contribution is -0.120. The van der Waals surface area contributed by atoms with Gasteiger partial charge >= 0.3 is 0 Å². The number of carbonyl (C=O) groups excluding carboxylic acids is 1. The maximum Gasteiger partial charge on any atom is 0.224 e. The van der Waals surface area contributed by atoms with Crippen molar-refractivity contribution in [1.82, 2.24) is 20.0 Å². The summed E-state index contributed by atoms with van der Waals surface area (Å²) in [6, 6.07) is 14.2. The van der Waals surface area contributed by atoms with E-state index in [2.05, 4.69) is 35.2 Å². The highest BCUT2D eigenvalue weighted by molar-refractivity contribution is 5.79. The Morgan fingerprint density at radius 3 is 2.48 bits per heavy atom. The van der Waals surface area contributed by atoms with Crippen molar-refractivity contribution in [2.24, 2.45) is 0 Å². The number of likely N-dealkylation sites (N-methyl/N-ethyl adjacent to an activating group) is 1. The van der Waals surface area contributed by atoms with Gasteiger partial charge < -0.3 is 10.1 Å². The van der Waals surface area contributed by atoms with Crippen LogP contribution in [-0.2, 0) is 11.2 Å². The zero-order valence-corrected chi connectivity index (χ0v) is 20.1. The molecule has 0 aliphatic rings. The Morgan fingerprint density at radius 1 is 1.15 bits per heavy atom. The number of hydrogen-bond donors (Lipinski definition) is 1. The highest BCUT2D eigenvalue weighted by atomic mass is 19.1. The Labute approximate surface area is 195 Å². The van der Waals surface area contributed by atoms with Gasteiger partial charge in [0, 0.05) is 17.8 Å². The van der Waals surface area contributed by atoms with Crippen molar-refractivity contribution in [2.75, 3.05) is 26.7 Å². The van der Waals surface area contributed by atoms with E-state index in [-0.39, 0.29) is 24.2 Å². The molecule has 0 saturated carbocycles. The fourth-order valence-electron chi connectivity index (χ4n) is 4.17. The SMILES string of the molecule is CCN(CC)C(CNC(=O)Cc1c(C)nn(-c2ccc(F)cc2)c1C)c1cccc(OC)c1. The number of nitrogens with zero attached hydrogens (tertiary/aromatic N) is 3. The lowest BCUT2D eigenvalue weighted by Crippen LogP contribution is -2.38. The predicted octanol–water partition coefficient (Wildman–Crippen LogP) is 4.38. The third kappa shape index (κ3) is 5.79. The molecule has 1 amide bonds. The number of methoxy groups -OCH3 is 1. The van der Waals surface area contributed by atoms with E-state index in [9.17, 15) is 9.18 Å². The van der Waals surface area contributed by atoms with Crippen LogP contribution < -0.4 is 10.1 Å². The summed E-state index contributed by atoms with van der Waals surface area (Å²) in [4.78, 5) is 15.2.